The summed E-state index contributed by atoms with van der Waals surface area (Å²) >= 11 is 0. The van der Waals surface area contributed by atoms with E-state index in [0.717, 1.165) is 79.5 Å². The molecule has 0 spiro atoms. The van der Waals surface area contributed by atoms with Crippen LogP contribution in [0.4, 0.5) is 8.78 Å². The molecular formula is C38H46F2N6O2. The average Bonchev–Trinajstić information content (AvgIpc) is 3.10. The number of halogens is 2. The van der Waals surface area contributed by atoms with E-state index >= 15 is 8.78 Å². The monoisotopic (exact) mass is 656 g/mol. The smallest absolute Gasteiger partial charge is 0.251 e. The maximum absolute atomic E-state index is 15.6. The number of rotatable bonds is 12. The van der Waals surface area contributed by atoms with Gasteiger partial charge in [0.15, 0.2) is 0 Å². The predicted octanol–water partition coefficient (Wildman–Crippen LogP) is 7.08. The predicted molar refractivity (Wildman–Crippen MR) is 183 cm³/mol. The first-order valence-corrected chi connectivity index (χ1v) is 17.3. The van der Waals surface area contributed by atoms with Gasteiger partial charge in [-0.1, -0.05) is 19.9 Å². The summed E-state index contributed by atoms with van der Waals surface area (Å²) in [6.45, 7) is 7.45. The molecule has 1 aromatic carbocycles. The minimum Gasteiger partial charge on any atom is -0.385 e. The Morgan fingerprint density at radius 3 is 2.67 bits per heavy atom. The molecule has 1 aliphatic carbocycles. The number of nitrogens with one attached hydrogen (secondary N) is 1. The summed E-state index contributed by atoms with van der Waals surface area (Å²) in [5, 5.41) is 11.5. The van der Waals surface area contributed by atoms with E-state index < -0.39 is 11.5 Å². The number of methoxy groups -OCH3 is 1. The third-order valence-corrected chi connectivity index (χ3v) is 10.4. The lowest BCUT2D eigenvalue weighted by molar-refractivity contribution is 0.0821. The second-order valence-corrected chi connectivity index (χ2v) is 13.8. The second-order valence-electron chi connectivity index (χ2n) is 13.8. The molecule has 4 aromatic rings. The quantitative estimate of drug-likeness (QED) is 0.163. The highest BCUT2D eigenvalue weighted by atomic mass is 19.1. The summed E-state index contributed by atoms with van der Waals surface area (Å²) < 4.78 is 36.3. The number of pyridine rings is 2. The van der Waals surface area contributed by atoms with Crippen molar-refractivity contribution in [2.24, 2.45) is 11.8 Å². The van der Waals surface area contributed by atoms with Crippen LogP contribution in [0.3, 0.4) is 0 Å². The molecule has 2 atom stereocenters. The number of benzene rings is 1. The van der Waals surface area contributed by atoms with E-state index in [9.17, 15) is 4.79 Å². The van der Waals surface area contributed by atoms with Gasteiger partial charge in [-0.05, 0) is 111 Å². The Morgan fingerprint density at radius 1 is 1.12 bits per heavy atom. The van der Waals surface area contributed by atoms with Crippen molar-refractivity contribution < 1.29 is 18.3 Å². The molecule has 10 heteroatoms. The van der Waals surface area contributed by atoms with E-state index in [1.165, 1.54) is 12.5 Å². The Kier molecular flexibility index (Phi) is 10.7. The molecule has 48 heavy (non-hydrogen) atoms. The first-order chi connectivity index (χ1) is 23.2. The van der Waals surface area contributed by atoms with E-state index in [4.69, 9.17) is 4.74 Å². The molecule has 1 aliphatic heterocycles. The zero-order valence-electron chi connectivity index (χ0n) is 28.2. The van der Waals surface area contributed by atoms with Crippen molar-refractivity contribution in [2.75, 3.05) is 33.4 Å². The van der Waals surface area contributed by atoms with Gasteiger partial charge in [0, 0.05) is 55.1 Å². The topological polar surface area (TPSA) is 93.1 Å². The number of hydrogen-bond donors (Lipinski definition) is 1. The standard InChI is InChI=1S/C38H46F2N6O2/c1-25(2)38(40)13-8-34-31(22-38)20-29-19-30(21-32(39)36(29)44-34)37(47)45-35(12-17-46-15-10-26(11-16-46)5-4-18-48-3)27-6-7-33(41-23-27)28-9-14-42-43-24-28/h6-7,9,14,19-21,23-26,35H,4-5,8,10-13,15-18,22H2,1-3H3,(H,45,47)/t35?,38-/m0/s1. The van der Waals surface area contributed by atoms with Crippen molar-refractivity contribution in [3.63, 3.8) is 0 Å². The lowest BCUT2D eigenvalue weighted by atomic mass is 9.77. The van der Waals surface area contributed by atoms with Crippen LogP contribution in [-0.4, -0.2) is 70.0 Å². The lowest BCUT2D eigenvalue weighted by Crippen LogP contribution is -2.37. The fourth-order valence-electron chi connectivity index (χ4n) is 7.17. The molecule has 8 nitrogen and oxygen atoms in total. The fraction of sp³-hybridized carbons (Fsp3) is 0.500. The molecule has 1 N–H and O–H groups in total. The highest BCUT2D eigenvalue weighted by Gasteiger charge is 2.38. The van der Waals surface area contributed by atoms with Gasteiger partial charge in [-0.2, -0.15) is 10.2 Å². The minimum absolute atomic E-state index is 0.135. The Hall–Kier alpha value is -3.89. The van der Waals surface area contributed by atoms with E-state index in [1.54, 1.807) is 31.8 Å². The lowest BCUT2D eigenvalue weighted by Gasteiger charge is -2.34. The van der Waals surface area contributed by atoms with Gasteiger partial charge in [0.1, 0.15) is 17.0 Å². The van der Waals surface area contributed by atoms with E-state index in [2.05, 4.69) is 30.4 Å². The minimum atomic E-state index is -1.32. The average molecular weight is 657 g/mol. The van der Waals surface area contributed by atoms with Crippen molar-refractivity contribution in [3.8, 4) is 11.3 Å². The highest BCUT2D eigenvalue weighted by molar-refractivity contribution is 5.98. The molecule has 1 fully saturated rings. The molecule has 0 radical (unpaired) electrons. The number of ether oxygens (including phenoxy) is 1. The van der Waals surface area contributed by atoms with Crippen LogP contribution < -0.4 is 5.32 Å². The number of alkyl halides is 1. The number of piperidine rings is 1. The van der Waals surface area contributed by atoms with Crippen LogP contribution in [0, 0.1) is 17.7 Å². The van der Waals surface area contributed by atoms with Crippen LogP contribution in [0.5, 0.6) is 0 Å². The number of aromatic nitrogens is 4. The molecule has 2 aliphatic rings. The van der Waals surface area contributed by atoms with Gasteiger partial charge in [0.05, 0.1) is 24.1 Å². The zero-order chi connectivity index (χ0) is 33.7. The third kappa shape index (κ3) is 7.87. The molecule has 4 heterocycles. The SMILES string of the molecule is COCCCC1CCN(CCC(NC(=O)c2cc(F)c3nc4c(cc3c2)C[C@](F)(C(C)C)CC4)c2ccc(-c3ccnnc3)nc2)CC1. The normalized spacial score (nSPS) is 19.4. The maximum Gasteiger partial charge on any atom is 0.251 e. The van der Waals surface area contributed by atoms with E-state index in [-0.39, 0.29) is 35.4 Å². The van der Waals surface area contributed by atoms with E-state index in [0.29, 0.717) is 24.6 Å². The third-order valence-electron chi connectivity index (χ3n) is 10.4. The van der Waals surface area contributed by atoms with Crippen LogP contribution in [0.25, 0.3) is 22.2 Å². The number of hydrogen-bond acceptors (Lipinski definition) is 7. The summed E-state index contributed by atoms with van der Waals surface area (Å²) in [6, 6.07) is 10.2. The summed E-state index contributed by atoms with van der Waals surface area (Å²) in [5.74, 6) is -0.340. The highest BCUT2D eigenvalue weighted by Crippen LogP contribution is 2.38. The Morgan fingerprint density at radius 2 is 1.96 bits per heavy atom. The Balaban J connectivity index is 1.20. The Labute approximate surface area is 281 Å². The molecule has 0 saturated carbocycles. The zero-order valence-corrected chi connectivity index (χ0v) is 28.2. The van der Waals surface area contributed by atoms with Crippen LogP contribution in [-0.2, 0) is 17.6 Å². The molecular weight excluding hydrogens is 610 g/mol. The second kappa shape index (κ2) is 15.1. The van der Waals surface area contributed by atoms with Crippen LogP contribution in [0.2, 0.25) is 0 Å². The number of carbonyl (C=O) groups excluding carboxylic acids is 1. The number of aryl methyl sites for hydroxylation is 1. The van der Waals surface area contributed by atoms with Crippen molar-refractivity contribution in [2.45, 2.75) is 76.9 Å². The van der Waals surface area contributed by atoms with Gasteiger partial charge in [-0.25, -0.2) is 13.8 Å². The molecule has 1 unspecified atom stereocenters. The number of likely N-dealkylation sites (tertiary alicyclic amines) is 1. The largest absolute Gasteiger partial charge is 0.385 e. The first-order valence-electron chi connectivity index (χ1n) is 17.3. The summed E-state index contributed by atoms with van der Waals surface area (Å²) in [4.78, 5) is 25.5. The molecule has 0 bridgehead atoms. The molecule has 3 aromatic heterocycles. The van der Waals surface area contributed by atoms with Gasteiger partial charge >= 0.3 is 0 Å². The van der Waals surface area contributed by atoms with Crippen molar-refractivity contribution in [1.29, 1.82) is 0 Å². The van der Waals surface area contributed by atoms with Gasteiger partial charge in [-0.3, -0.25) is 9.78 Å². The first kappa shape index (κ1) is 34.0. The van der Waals surface area contributed by atoms with E-state index in [1.807, 2.05) is 38.1 Å². The summed E-state index contributed by atoms with van der Waals surface area (Å²) in [6.07, 6.45) is 11.4. The molecule has 6 rings (SSSR count). The molecule has 254 valence electrons. The van der Waals surface area contributed by atoms with Crippen LogP contribution >= 0.6 is 0 Å². The summed E-state index contributed by atoms with van der Waals surface area (Å²) in [5.41, 5.74) is 3.12. The molecule has 1 amide bonds. The number of nitrogens with zero attached hydrogens (tertiary/aromatic N) is 5. The number of carbonyl (C=O) groups is 1. The van der Waals surface area contributed by atoms with Crippen molar-refractivity contribution in [3.05, 3.63) is 83.2 Å². The van der Waals surface area contributed by atoms with Crippen molar-refractivity contribution >= 4 is 16.8 Å². The molecule has 1 saturated heterocycles. The van der Waals surface area contributed by atoms with Gasteiger partial charge < -0.3 is 15.0 Å². The van der Waals surface area contributed by atoms with Crippen LogP contribution in [0.15, 0.2) is 55.0 Å². The Bertz CT molecular complexity index is 1700. The van der Waals surface area contributed by atoms with Crippen molar-refractivity contribution in [1.82, 2.24) is 30.4 Å². The van der Waals surface area contributed by atoms with Gasteiger partial charge in [0.25, 0.3) is 5.91 Å². The summed E-state index contributed by atoms with van der Waals surface area (Å²) in [7, 11) is 1.75. The van der Waals surface area contributed by atoms with Crippen LogP contribution in [0.1, 0.15) is 85.6 Å². The maximum atomic E-state index is 15.6. The van der Waals surface area contributed by atoms with Gasteiger partial charge in [0.2, 0.25) is 0 Å². The number of amides is 1. The fourth-order valence-corrected chi connectivity index (χ4v) is 7.17. The number of fused-ring (bicyclic) bond motifs is 2. The van der Waals surface area contributed by atoms with Gasteiger partial charge in [-0.15, -0.1) is 0 Å².